The first-order valence-electron chi connectivity index (χ1n) is 13.5. The van der Waals surface area contributed by atoms with Crippen LogP contribution in [0.3, 0.4) is 0 Å². The van der Waals surface area contributed by atoms with Crippen LogP contribution in [0.15, 0.2) is 54.6 Å². The number of imidazole rings is 1. The van der Waals surface area contributed by atoms with Crippen LogP contribution in [0.4, 0.5) is 0 Å². The van der Waals surface area contributed by atoms with Crippen molar-refractivity contribution in [3.63, 3.8) is 0 Å². The summed E-state index contributed by atoms with van der Waals surface area (Å²) < 4.78 is 1.84. The maximum atomic E-state index is 13.4. The molecule has 7 nitrogen and oxygen atoms in total. The Kier molecular flexibility index (Phi) is 9.58. The molecule has 1 saturated carbocycles. The zero-order valence-corrected chi connectivity index (χ0v) is 22.5. The molecule has 8 heteroatoms. The number of carbonyl (C=O) groups is 2. The number of amides is 1. The predicted octanol–water partition coefficient (Wildman–Crippen LogP) is 5.75. The summed E-state index contributed by atoms with van der Waals surface area (Å²) in [5.74, 6) is -0.781. The molecule has 0 bridgehead atoms. The summed E-state index contributed by atoms with van der Waals surface area (Å²) in [6.07, 6.45) is 6.61. The number of carboxylic acids is 1. The van der Waals surface area contributed by atoms with E-state index in [1.165, 1.54) is 0 Å². The number of rotatable bonds is 12. The van der Waals surface area contributed by atoms with Crippen LogP contribution >= 0.6 is 11.6 Å². The van der Waals surface area contributed by atoms with Crippen molar-refractivity contribution in [3.8, 4) is 0 Å². The van der Waals surface area contributed by atoms with Gasteiger partial charge in [0.2, 0.25) is 0 Å². The Bertz CT molecular complexity index is 1220. The van der Waals surface area contributed by atoms with Gasteiger partial charge in [-0.2, -0.15) is 0 Å². The highest BCUT2D eigenvalue weighted by molar-refractivity contribution is 6.32. The van der Waals surface area contributed by atoms with Crippen LogP contribution in [0.25, 0.3) is 0 Å². The van der Waals surface area contributed by atoms with Crippen LogP contribution < -0.4 is 5.32 Å². The number of aliphatic hydroxyl groups excluding tert-OH is 1. The number of benzene rings is 2. The lowest BCUT2D eigenvalue weighted by molar-refractivity contribution is -0.140. The summed E-state index contributed by atoms with van der Waals surface area (Å²) in [5, 5.41) is 22.9. The minimum absolute atomic E-state index is 0.127. The number of nitrogens with zero attached hydrogens (tertiary/aromatic N) is 2. The number of nitrogens with one attached hydrogen (secondary N) is 1. The molecule has 1 aliphatic rings. The van der Waals surface area contributed by atoms with Crippen LogP contribution in [0.5, 0.6) is 0 Å². The molecule has 3 aromatic rings. The molecule has 1 aromatic heterocycles. The zero-order chi connectivity index (χ0) is 27.1. The zero-order valence-electron chi connectivity index (χ0n) is 21.8. The number of aliphatic hydroxyl groups is 1. The molecule has 1 aliphatic carbocycles. The van der Waals surface area contributed by atoms with Gasteiger partial charge in [-0.1, -0.05) is 92.4 Å². The van der Waals surface area contributed by atoms with E-state index in [9.17, 15) is 19.8 Å². The topological polar surface area (TPSA) is 104 Å². The number of aryl methyl sites for hydroxylation is 1. The van der Waals surface area contributed by atoms with E-state index in [0.29, 0.717) is 13.0 Å². The number of carboxylic acid groups (broad SMARTS) is 1. The highest BCUT2D eigenvalue weighted by Gasteiger charge is 2.32. The van der Waals surface area contributed by atoms with Gasteiger partial charge in [0, 0.05) is 13.0 Å². The minimum Gasteiger partial charge on any atom is -0.481 e. The highest BCUT2D eigenvalue weighted by atomic mass is 35.5. The fourth-order valence-electron chi connectivity index (χ4n) is 5.45. The van der Waals surface area contributed by atoms with E-state index < -0.39 is 23.8 Å². The van der Waals surface area contributed by atoms with Gasteiger partial charge in [0.15, 0.2) is 5.15 Å². The molecule has 2 atom stereocenters. The summed E-state index contributed by atoms with van der Waals surface area (Å²) >= 11 is 6.52. The van der Waals surface area contributed by atoms with Crippen molar-refractivity contribution in [2.45, 2.75) is 70.4 Å². The van der Waals surface area contributed by atoms with E-state index in [1.807, 2.05) is 59.2 Å². The van der Waals surface area contributed by atoms with E-state index >= 15 is 0 Å². The highest BCUT2D eigenvalue weighted by Crippen LogP contribution is 2.37. The third-order valence-electron chi connectivity index (χ3n) is 7.48. The molecule has 1 amide bonds. The van der Waals surface area contributed by atoms with Gasteiger partial charge < -0.3 is 20.1 Å². The van der Waals surface area contributed by atoms with Crippen LogP contribution in [0, 0.1) is 5.92 Å². The molecule has 2 unspecified atom stereocenters. The van der Waals surface area contributed by atoms with Gasteiger partial charge in [-0.05, 0) is 41.9 Å². The Morgan fingerprint density at radius 1 is 1.08 bits per heavy atom. The smallest absolute Gasteiger partial charge is 0.311 e. The molecule has 202 valence electrons. The lowest BCUT2D eigenvalue weighted by Crippen LogP contribution is -2.32. The number of carbonyl (C=O) groups excluding carboxylic acids is 1. The predicted molar refractivity (Wildman–Crippen MR) is 147 cm³/mol. The summed E-state index contributed by atoms with van der Waals surface area (Å²) in [6.45, 7) is 2.21. The van der Waals surface area contributed by atoms with E-state index in [1.54, 1.807) is 0 Å². The molecule has 1 heterocycles. The molecule has 2 aromatic carbocycles. The minimum atomic E-state index is -0.774. The van der Waals surface area contributed by atoms with Crippen LogP contribution in [-0.4, -0.2) is 38.2 Å². The fraction of sp³-hybridized carbons (Fsp3) is 0.433. The number of aromatic nitrogens is 2. The first-order valence-corrected chi connectivity index (χ1v) is 13.8. The SMILES string of the molecule is CCCCc1nc(Cl)c(C(=O)NC(CO)c2ccccc2)n1Cc1ccc(C(C(=O)O)C2CCCC2)cc1. The van der Waals surface area contributed by atoms with Crippen LogP contribution in [0.1, 0.15) is 90.4 Å². The second kappa shape index (κ2) is 13.1. The Labute approximate surface area is 228 Å². The van der Waals surface area contributed by atoms with Gasteiger partial charge in [0.25, 0.3) is 5.91 Å². The molecule has 1 fully saturated rings. The van der Waals surface area contributed by atoms with Crippen molar-refractivity contribution in [3.05, 3.63) is 88.0 Å². The van der Waals surface area contributed by atoms with Gasteiger partial charge in [-0.15, -0.1) is 0 Å². The summed E-state index contributed by atoms with van der Waals surface area (Å²) in [5.41, 5.74) is 2.79. The number of halogens is 1. The standard InChI is InChI=1S/C30H36ClN3O4/c1-2-3-13-25-33-28(31)27(29(36)32-24(19-35)21-9-5-4-6-10-21)34(25)18-20-14-16-23(17-15-20)26(30(37)38)22-11-7-8-12-22/h4-6,9-10,14-17,22,24,26,35H,2-3,7-8,11-13,18-19H2,1H3,(H,32,36)(H,37,38). The number of unbranched alkanes of at least 4 members (excludes halogenated alkanes) is 1. The Morgan fingerprint density at radius 3 is 2.37 bits per heavy atom. The third kappa shape index (κ3) is 6.45. The Balaban J connectivity index is 1.60. The van der Waals surface area contributed by atoms with Gasteiger partial charge >= 0.3 is 5.97 Å². The van der Waals surface area contributed by atoms with Crippen LogP contribution in [0.2, 0.25) is 5.15 Å². The summed E-state index contributed by atoms with van der Waals surface area (Å²) in [6, 6.07) is 16.4. The van der Waals surface area contributed by atoms with Crippen molar-refractivity contribution >= 4 is 23.5 Å². The third-order valence-corrected chi connectivity index (χ3v) is 7.74. The average Bonchev–Trinajstić information content (AvgIpc) is 3.55. The molecule has 3 N–H and O–H groups in total. The van der Waals surface area contributed by atoms with Gasteiger partial charge in [0.05, 0.1) is 18.6 Å². The largest absolute Gasteiger partial charge is 0.481 e. The lowest BCUT2D eigenvalue weighted by atomic mass is 9.84. The Morgan fingerprint density at radius 2 is 1.76 bits per heavy atom. The molecule has 38 heavy (non-hydrogen) atoms. The normalized spacial score (nSPS) is 15.3. The maximum Gasteiger partial charge on any atom is 0.311 e. The van der Waals surface area contributed by atoms with Crippen molar-refractivity contribution in [2.24, 2.45) is 5.92 Å². The first-order chi connectivity index (χ1) is 18.4. The first kappa shape index (κ1) is 27.9. The molecule has 0 spiro atoms. The van der Waals surface area contributed by atoms with Gasteiger partial charge in [0.1, 0.15) is 11.5 Å². The molecule has 0 aliphatic heterocycles. The summed E-state index contributed by atoms with van der Waals surface area (Å²) in [4.78, 5) is 30.0. The van der Waals surface area contributed by atoms with E-state index in [0.717, 1.165) is 61.0 Å². The van der Waals surface area contributed by atoms with Crippen molar-refractivity contribution in [1.82, 2.24) is 14.9 Å². The number of hydrogen-bond acceptors (Lipinski definition) is 4. The molecule has 0 saturated heterocycles. The van der Waals surface area contributed by atoms with Crippen molar-refractivity contribution in [2.75, 3.05) is 6.61 Å². The average molecular weight is 538 g/mol. The molecular formula is C30H36ClN3O4. The maximum absolute atomic E-state index is 13.4. The van der Waals surface area contributed by atoms with E-state index in [4.69, 9.17) is 11.6 Å². The van der Waals surface area contributed by atoms with E-state index in [2.05, 4.69) is 17.2 Å². The fourth-order valence-corrected chi connectivity index (χ4v) is 5.73. The second-order valence-corrected chi connectivity index (χ2v) is 10.4. The van der Waals surface area contributed by atoms with Gasteiger partial charge in [-0.25, -0.2) is 4.98 Å². The van der Waals surface area contributed by atoms with Crippen molar-refractivity contribution < 1.29 is 19.8 Å². The van der Waals surface area contributed by atoms with Crippen LogP contribution in [-0.2, 0) is 17.8 Å². The molecular weight excluding hydrogens is 502 g/mol. The quantitative estimate of drug-likeness (QED) is 0.273. The number of hydrogen-bond donors (Lipinski definition) is 3. The Hall–Kier alpha value is -3.16. The lowest BCUT2D eigenvalue weighted by Gasteiger charge is -2.20. The second-order valence-electron chi connectivity index (χ2n) is 10.1. The van der Waals surface area contributed by atoms with Crippen molar-refractivity contribution in [1.29, 1.82) is 0 Å². The van der Waals surface area contributed by atoms with E-state index in [-0.39, 0.29) is 23.4 Å². The monoisotopic (exact) mass is 537 g/mol. The molecule has 0 radical (unpaired) electrons. The van der Waals surface area contributed by atoms with Gasteiger partial charge in [-0.3, -0.25) is 9.59 Å². The summed E-state index contributed by atoms with van der Waals surface area (Å²) in [7, 11) is 0. The molecule has 4 rings (SSSR count). The number of aliphatic carboxylic acids is 1.